The van der Waals surface area contributed by atoms with Crippen molar-refractivity contribution in [3.63, 3.8) is 0 Å². The van der Waals surface area contributed by atoms with E-state index < -0.39 is 0 Å². The molecule has 0 saturated carbocycles. The molecule has 5 aromatic carbocycles. The molecule has 0 fully saturated rings. The lowest BCUT2D eigenvalue weighted by Crippen LogP contribution is -2.01. The van der Waals surface area contributed by atoms with Crippen molar-refractivity contribution in [2.24, 2.45) is 0 Å². The van der Waals surface area contributed by atoms with E-state index >= 15 is 0 Å². The van der Waals surface area contributed by atoms with Crippen LogP contribution < -0.4 is 0 Å². The fourth-order valence-corrected chi connectivity index (χ4v) is 5.32. The third-order valence-corrected chi connectivity index (χ3v) is 7.19. The Morgan fingerprint density at radius 1 is 0.500 bits per heavy atom. The predicted molar refractivity (Wildman–Crippen MR) is 158 cm³/mol. The van der Waals surface area contributed by atoms with Gasteiger partial charge < -0.3 is 8.98 Å². The van der Waals surface area contributed by atoms with E-state index in [9.17, 15) is 0 Å². The molecule has 0 radical (unpaired) electrons. The van der Waals surface area contributed by atoms with Gasteiger partial charge in [-0.25, -0.2) is 19.9 Å². The zero-order chi connectivity index (χ0) is 26.5. The first-order chi connectivity index (χ1) is 19.8. The maximum atomic E-state index is 5.62. The first kappa shape index (κ1) is 22.4. The van der Waals surface area contributed by atoms with Crippen LogP contribution in [0.5, 0.6) is 0 Å². The number of para-hydroxylation sites is 1. The summed E-state index contributed by atoms with van der Waals surface area (Å²) in [7, 11) is 0. The SMILES string of the molecule is c1ccc(-c2nc(-c3ccccc3)nc(-c3cccc(-n4c5ccccc5c5cc6ocnc6cc54)c3)n2)cc1. The molecule has 0 aliphatic carbocycles. The summed E-state index contributed by atoms with van der Waals surface area (Å²) in [5.41, 5.74) is 7.56. The second-order valence-electron chi connectivity index (χ2n) is 9.63. The average molecular weight is 516 g/mol. The Kier molecular flexibility index (Phi) is 5.03. The minimum atomic E-state index is 0.620. The van der Waals surface area contributed by atoms with Crippen molar-refractivity contribution in [2.75, 3.05) is 0 Å². The average Bonchev–Trinajstić information content (AvgIpc) is 3.62. The van der Waals surface area contributed by atoms with Gasteiger partial charge in [0.2, 0.25) is 0 Å². The van der Waals surface area contributed by atoms with Crippen LogP contribution in [0.1, 0.15) is 0 Å². The van der Waals surface area contributed by atoms with Crippen LogP contribution in [-0.4, -0.2) is 24.5 Å². The molecule has 0 saturated heterocycles. The summed E-state index contributed by atoms with van der Waals surface area (Å²) in [6.45, 7) is 0. The van der Waals surface area contributed by atoms with E-state index in [-0.39, 0.29) is 0 Å². The fraction of sp³-hybridized carbons (Fsp3) is 0. The quantitative estimate of drug-likeness (QED) is 0.237. The lowest BCUT2D eigenvalue weighted by molar-refractivity contribution is 0.602. The summed E-state index contributed by atoms with van der Waals surface area (Å²) in [6.07, 6.45) is 1.49. The lowest BCUT2D eigenvalue weighted by Gasteiger charge is -2.11. The number of oxazole rings is 1. The second-order valence-corrected chi connectivity index (χ2v) is 9.63. The minimum absolute atomic E-state index is 0.620. The molecular weight excluding hydrogens is 494 g/mol. The largest absolute Gasteiger partial charge is 0.443 e. The van der Waals surface area contributed by atoms with Gasteiger partial charge in [-0.2, -0.15) is 0 Å². The summed E-state index contributed by atoms with van der Waals surface area (Å²) in [5, 5.41) is 2.27. The van der Waals surface area contributed by atoms with E-state index in [1.165, 1.54) is 6.39 Å². The van der Waals surface area contributed by atoms with Crippen molar-refractivity contribution >= 4 is 32.9 Å². The fourth-order valence-electron chi connectivity index (χ4n) is 5.32. The van der Waals surface area contributed by atoms with Crippen LogP contribution in [0.25, 0.3) is 72.8 Å². The van der Waals surface area contributed by atoms with E-state index in [0.717, 1.165) is 55.3 Å². The first-order valence-corrected chi connectivity index (χ1v) is 13.1. The molecular formula is C34H21N5O. The summed E-state index contributed by atoms with van der Waals surface area (Å²) >= 11 is 0. The van der Waals surface area contributed by atoms with Crippen molar-refractivity contribution in [3.8, 4) is 39.9 Å². The minimum Gasteiger partial charge on any atom is -0.443 e. The van der Waals surface area contributed by atoms with Gasteiger partial charge in [0.15, 0.2) is 29.4 Å². The van der Waals surface area contributed by atoms with Gasteiger partial charge >= 0.3 is 0 Å². The summed E-state index contributed by atoms with van der Waals surface area (Å²) < 4.78 is 7.88. The van der Waals surface area contributed by atoms with Crippen LogP contribution >= 0.6 is 0 Å². The third-order valence-electron chi connectivity index (χ3n) is 7.19. The van der Waals surface area contributed by atoms with Crippen molar-refractivity contribution in [2.45, 2.75) is 0 Å². The molecule has 188 valence electrons. The van der Waals surface area contributed by atoms with Crippen LogP contribution in [0.2, 0.25) is 0 Å². The van der Waals surface area contributed by atoms with E-state index in [1.807, 2.05) is 72.8 Å². The maximum absolute atomic E-state index is 5.62. The zero-order valence-corrected chi connectivity index (χ0v) is 21.3. The normalized spacial score (nSPS) is 11.5. The van der Waals surface area contributed by atoms with Gasteiger partial charge in [0.05, 0.1) is 11.0 Å². The van der Waals surface area contributed by atoms with Gasteiger partial charge in [-0.05, 0) is 30.3 Å². The zero-order valence-electron chi connectivity index (χ0n) is 21.3. The van der Waals surface area contributed by atoms with Crippen molar-refractivity contribution in [1.82, 2.24) is 24.5 Å². The Labute approximate surface area is 229 Å². The maximum Gasteiger partial charge on any atom is 0.181 e. The van der Waals surface area contributed by atoms with Crippen molar-refractivity contribution in [3.05, 3.63) is 128 Å². The highest BCUT2D eigenvalue weighted by molar-refractivity contribution is 6.12. The number of rotatable bonds is 4. The third kappa shape index (κ3) is 3.66. The number of aromatic nitrogens is 5. The summed E-state index contributed by atoms with van der Waals surface area (Å²) in [5.74, 6) is 1.90. The molecule has 3 heterocycles. The predicted octanol–water partition coefficient (Wildman–Crippen LogP) is 8.11. The highest BCUT2D eigenvalue weighted by atomic mass is 16.3. The van der Waals surface area contributed by atoms with Gasteiger partial charge in [-0.1, -0.05) is 91.0 Å². The molecule has 0 spiro atoms. The second kappa shape index (κ2) is 8.99. The van der Waals surface area contributed by atoms with Crippen LogP contribution in [0.3, 0.4) is 0 Å². The Balaban J connectivity index is 1.35. The van der Waals surface area contributed by atoms with Gasteiger partial charge in [0.1, 0.15) is 5.52 Å². The van der Waals surface area contributed by atoms with E-state index in [4.69, 9.17) is 19.4 Å². The standard InChI is InChI=1S/C34H21N5O/c1-3-10-22(11-4-1)32-36-33(23-12-5-2-6-13-23)38-34(37-32)24-14-9-15-25(18-24)39-29-17-8-7-16-26(29)27-19-31-28(20-30(27)39)35-21-40-31/h1-21H. The highest BCUT2D eigenvalue weighted by Gasteiger charge is 2.16. The molecule has 3 aromatic heterocycles. The first-order valence-electron chi connectivity index (χ1n) is 13.1. The van der Waals surface area contributed by atoms with Crippen LogP contribution in [0.4, 0.5) is 0 Å². The molecule has 0 aliphatic rings. The number of fused-ring (bicyclic) bond motifs is 4. The van der Waals surface area contributed by atoms with Gasteiger partial charge in [-0.3, -0.25) is 0 Å². The van der Waals surface area contributed by atoms with Crippen molar-refractivity contribution < 1.29 is 4.42 Å². The number of hydrogen-bond acceptors (Lipinski definition) is 5. The molecule has 0 unspecified atom stereocenters. The monoisotopic (exact) mass is 515 g/mol. The Bertz CT molecular complexity index is 2110. The van der Waals surface area contributed by atoms with Gasteiger partial charge in [0.25, 0.3) is 0 Å². The number of benzene rings is 5. The van der Waals surface area contributed by atoms with E-state index in [2.05, 4.69) is 58.1 Å². The summed E-state index contributed by atoms with van der Waals surface area (Å²) in [4.78, 5) is 19.1. The highest BCUT2D eigenvalue weighted by Crippen LogP contribution is 2.35. The molecule has 6 heteroatoms. The molecule has 8 rings (SSSR count). The summed E-state index contributed by atoms with van der Waals surface area (Å²) in [6, 6.07) is 41.0. The van der Waals surface area contributed by atoms with E-state index in [1.54, 1.807) is 0 Å². The molecule has 8 aromatic rings. The molecule has 0 N–H and O–H groups in total. The van der Waals surface area contributed by atoms with Crippen LogP contribution in [0.15, 0.2) is 132 Å². The van der Waals surface area contributed by atoms with Crippen LogP contribution in [0, 0.1) is 0 Å². The van der Waals surface area contributed by atoms with E-state index in [0.29, 0.717) is 17.5 Å². The molecule has 0 bridgehead atoms. The van der Waals surface area contributed by atoms with Crippen molar-refractivity contribution in [1.29, 1.82) is 0 Å². The van der Waals surface area contributed by atoms with Gasteiger partial charge in [-0.15, -0.1) is 0 Å². The topological polar surface area (TPSA) is 69.6 Å². The number of hydrogen-bond donors (Lipinski definition) is 0. The number of nitrogens with zero attached hydrogens (tertiary/aromatic N) is 5. The molecule has 40 heavy (non-hydrogen) atoms. The Morgan fingerprint density at radius 3 is 1.85 bits per heavy atom. The molecule has 0 amide bonds. The smallest absolute Gasteiger partial charge is 0.181 e. The molecule has 6 nitrogen and oxygen atoms in total. The molecule has 0 aliphatic heterocycles. The molecule has 0 atom stereocenters. The Hall–Kier alpha value is -5.62. The van der Waals surface area contributed by atoms with Crippen LogP contribution in [-0.2, 0) is 0 Å². The Morgan fingerprint density at radius 2 is 1.12 bits per heavy atom. The van der Waals surface area contributed by atoms with Gasteiger partial charge in [0, 0.05) is 33.2 Å². The lowest BCUT2D eigenvalue weighted by atomic mass is 10.1.